The Morgan fingerprint density at radius 1 is 1.30 bits per heavy atom. The van der Waals surface area contributed by atoms with E-state index in [0.29, 0.717) is 23.7 Å². The molecule has 1 amide bonds. The zero-order valence-corrected chi connectivity index (χ0v) is 16.6. The molecular weight excluding hydrogens is 386 g/mol. The van der Waals surface area contributed by atoms with Gasteiger partial charge in [0.1, 0.15) is 0 Å². The van der Waals surface area contributed by atoms with Gasteiger partial charge in [0.2, 0.25) is 5.91 Å². The molecule has 1 aromatic heterocycles. The lowest BCUT2D eigenvalue weighted by molar-refractivity contribution is -0.118. The van der Waals surface area contributed by atoms with Gasteiger partial charge in [0.25, 0.3) is 0 Å². The number of sulfone groups is 1. The van der Waals surface area contributed by atoms with E-state index in [9.17, 15) is 13.2 Å². The number of benzene rings is 1. The summed E-state index contributed by atoms with van der Waals surface area (Å²) in [6, 6.07) is 4.75. The van der Waals surface area contributed by atoms with Gasteiger partial charge in [-0.05, 0) is 30.0 Å². The molecule has 6 nitrogen and oxygen atoms in total. The first kappa shape index (κ1) is 19.8. The Kier molecular flexibility index (Phi) is 6.11. The number of hydrogen-bond donors (Lipinski definition) is 1. The van der Waals surface area contributed by atoms with E-state index in [1.807, 2.05) is 0 Å². The summed E-state index contributed by atoms with van der Waals surface area (Å²) in [6.45, 7) is 0. The highest BCUT2D eigenvalue weighted by Crippen LogP contribution is 2.36. The zero-order valence-electron chi connectivity index (χ0n) is 15.1. The van der Waals surface area contributed by atoms with Crippen LogP contribution in [0.3, 0.4) is 0 Å². The molecule has 27 heavy (non-hydrogen) atoms. The normalized spacial score (nSPS) is 16.2. The minimum absolute atomic E-state index is 0.0712. The Hall–Kier alpha value is -1.99. The van der Waals surface area contributed by atoms with Crippen LogP contribution >= 0.6 is 11.6 Å². The molecule has 3 rings (SSSR count). The van der Waals surface area contributed by atoms with E-state index in [1.54, 1.807) is 12.1 Å². The van der Waals surface area contributed by atoms with Crippen LogP contribution in [0.1, 0.15) is 43.6 Å². The summed E-state index contributed by atoms with van der Waals surface area (Å²) >= 11 is 6.21. The van der Waals surface area contributed by atoms with Crippen molar-refractivity contribution in [2.24, 2.45) is 5.92 Å². The maximum Gasteiger partial charge on any atom is 0.233 e. The van der Waals surface area contributed by atoms with Gasteiger partial charge in [0.15, 0.2) is 15.7 Å². The minimum atomic E-state index is -3.42. The van der Waals surface area contributed by atoms with Crippen molar-refractivity contribution in [2.75, 3.05) is 11.6 Å². The topological polar surface area (TPSA) is 89.0 Å². The standard InChI is InChI=1S/C19H22ClN3O3S/c1-27(25,26)17-7-6-14(11-16(17)20)15(10-13-4-2-3-5-13)19(24)23-18-12-21-8-9-22-18/h6-9,11-13,15H,2-5,10H2,1H3,(H,22,23,24). The SMILES string of the molecule is CS(=O)(=O)c1ccc(C(CC2CCCC2)C(=O)Nc2cnccn2)cc1Cl. The van der Waals surface area contributed by atoms with Crippen molar-refractivity contribution in [3.05, 3.63) is 47.4 Å². The van der Waals surface area contributed by atoms with Gasteiger partial charge in [0.05, 0.1) is 22.0 Å². The van der Waals surface area contributed by atoms with Crippen molar-refractivity contribution < 1.29 is 13.2 Å². The second kappa shape index (κ2) is 8.35. The van der Waals surface area contributed by atoms with Crippen LogP contribution in [0.5, 0.6) is 0 Å². The van der Waals surface area contributed by atoms with Gasteiger partial charge in [-0.2, -0.15) is 0 Å². The number of amides is 1. The van der Waals surface area contributed by atoms with E-state index in [2.05, 4.69) is 15.3 Å². The molecule has 1 N–H and O–H groups in total. The van der Waals surface area contributed by atoms with E-state index in [1.165, 1.54) is 37.5 Å². The monoisotopic (exact) mass is 407 g/mol. The van der Waals surface area contributed by atoms with Gasteiger partial charge < -0.3 is 5.32 Å². The van der Waals surface area contributed by atoms with E-state index < -0.39 is 15.8 Å². The summed E-state index contributed by atoms with van der Waals surface area (Å²) in [5.74, 6) is 0.237. The highest BCUT2D eigenvalue weighted by atomic mass is 35.5. The number of aromatic nitrogens is 2. The Morgan fingerprint density at radius 2 is 2.04 bits per heavy atom. The predicted molar refractivity (Wildman–Crippen MR) is 105 cm³/mol. The molecule has 0 spiro atoms. The van der Waals surface area contributed by atoms with Gasteiger partial charge in [-0.15, -0.1) is 0 Å². The number of nitrogens with zero attached hydrogens (tertiary/aromatic N) is 2. The van der Waals surface area contributed by atoms with Crippen LogP contribution < -0.4 is 5.32 Å². The van der Waals surface area contributed by atoms with Crippen molar-refractivity contribution in [3.63, 3.8) is 0 Å². The molecule has 1 aliphatic carbocycles. The second-order valence-electron chi connectivity index (χ2n) is 6.98. The molecule has 0 saturated heterocycles. The van der Waals surface area contributed by atoms with E-state index in [0.717, 1.165) is 19.1 Å². The average Bonchev–Trinajstić information content (AvgIpc) is 3.12. The third kappa shape index (κ3) is 5.05. The molecule has 1 aromatic carbocycles. The number of hydrogen-bond acceptors (Lipinski definition) is 5. The van der Waals surface area contributed by atoms with Gasteiger partial charge in [-0.25, -0.2) is 13.4 Å². The maximum absolute atomic E-state index is 13.0. The van der Waals surface area contributed by atoms with Crippen molar-refractivity contribution in [1.29, 1.82) is 0 Å². The number of carbonyl (C=O) groups excluding carboxylic acids is 1. The molecule has 2 aromatic rings. The van der Waals surface area contributed by atoms with Crippen LogP contribution in [0.2, 0.25) is 5.02 Å². The molecule has 1 fully saturated rings. The first-order valence-electron chi connectivity index (χ1n) is 8.91. The zero-order chi connectivity index (χ0) is 19.4. The fourth-order valence-electron chi connectivity index (χ4n) is 3.59. The van der Waals surface area contributed by atoms with Gasteiger partial charge in [0, 0.05) is 18.6 Å². The van der Waals surface area contributed by atoms with Crippen LogP contribution in [-0.4, -0.2) is 30.5 Å². The predicted octanol–water partition coefficient (Wildman–Crippen LogP) is 3.84. The fraction of sp³-hybridized carbons (Fsp3) is 0.421. The Balaban J connectivity index is 1.89. The Bertz CT molecular complexity index is 913. The lowest BCUT2D eigenvalue weighted by atomic mass is 9.87. The summed E-state index contributed by atoms with van der Waals surface area (Å²) in [5.41, 5.74) is 0.709. The molecule has 0 radical (unpaired) electrons. The number of carbonyl (C=O) groups is 1. The minimum Gasteiger partial charge on any atom is -0.309 e. The molecule has 1 heterocycles. The van der Waals surface area contributed by atoms with E-state index in [4.69, 9.17) is 11.6 Å². The maximum atomic E-state index is 13.0. The van der Waals surface area contributed by atoms with Gasteiger partial charge >= 0.3 is 0 Å². The van der Waals surface area contributed by atoms with Crippen molar-refractivity contribution >= 4 is 33.2 Å². The summed E-state index contributed by atoms with van der Waals surface area (Å²) in [4.78, 5) is 21.1. The summed E-state index contributed by atoms with van der Waals surface area (Å²) in [7, 11) is -3.42. The summed E-state index contributed by atoms with van der Waals surface area (Å²) in [5, 5.41) is 2.94. The smallest absolute Gasteiger partial charge is 0.233 e. The number of nitrogens with one attached hydrogen (secondary N) is 1. The van der Waals surface area contributed by atoms with Gasteiger partial charge in [-0.3, -0.25) is 9.78 Å². The van der Waals surface area contributed by atoms with Crippen LogP contribution in [0.4, 0.5) is 5.82 Å². The summed E-state index contributed by atoms with van der Waals surface area (Å²) in [6.07, 6.45) is 10.9. The number of anilines is 1. The molecule has 0 aliphatic heterocycles. The largest absolute Gasteiger partial charge is 0.309 e. The molecule has 1 unspecified atom stereocenters. The quantitative estimate of drug-likeness (QED) is 0.785. The molecule has 1 aliphatic rings. The Morgan fingerprint density at radius 3 is 2.63 bits per heavy atom. The van der Waals surface area contributed by atoms with Crippen LogP contribution in [0.15, 0.2) is 41.7 Å². The molecular formula is C19H22ClN3O3S. The number of halogens is 1. The Labute approximate surface area is 164 Å². The van der Waals surface area contributed by atoms with Crippen molar-refractivity contribution in [2.45, 2.75) is 42.9 Å². The lowest BCUT2D eigenvalue weighted by Gasteiger charge is -2.21. The van der Waals surface area contributed by atoms with Gasteiger partial charge in [-0.1, -0.05) is 43.4 Å². The third-order valence-electron chi connectivity index (χ3n) is 4.93. The second-order valence-corrected chi connectivity index (χ2v) is 9.37. The molecule has 1 saturated carbocycles. The lowest BCUT2D eigenvalue weighted by Crippen LogP contribution is -2.23. The summed E-state index contributed by atoms with van der Waals surface area (Å²) < 4.78 is 23.6. The molecule has 144 valence electrons. The molecule has 0 bridgehead atoms. The first-order chi connectivity index (χ1) is 12.8. The molecule has 1 atom stereocenters. The average molecular weight is 408 g/mol. The molecule has 8 heteroatoms. The first-order valence-corrected chi connectivity index (χ1v) is 11.2. The van der Waals surface area contributed by atoms with Crippen LogP contribution in [0.25, 0.3) is 0 Å². The highest BCUT2D eigenvalue weighted by molar-refractivity contribution is 7.90. The van der Waals surface area contributed by atoms with Crippen molar-refractivity contribution in [1.82, 2.24) is 9.97 Å². The van der Waals surface area contributed by atoms with Crippen molar-refractivity contribution in [3.8, 4) is 0 Å². The highest BCUT2D eigenvalue weighted by Gasteiger charge is 2.28. The van der Waals surface area contributed by atoms with Crippen LogP contribution in [-0.2, 0) is 14.6 Å². The van der Waals surface area contributed by atoms with E-state index in [-0.39, 0.29) is 15.8 Å². The third-order valence-corrected chi connectivity index (χ3v) is 6.51. The van der Waals surface area contributed by atoms with E-state index >= 15 is 0 Å². The number of rotatable bonds is 6. The van der Waals surface area contributed by atoms with Crippen LogP contribution in [0, 0.1) is 5.92 Å². The fourth-order valence-corrected chi connectivity index (χ4v) is 4.92.